The van der Waals surface area contributed by atoms with Gasteiger partial charge in [0.05, 0.1) is 12.8 Å². The Morgan fingerprint density at radius 1 is 1.13 bits per heavy atom. The van der Waals surface area contributed by atoms with Gasteiger partial charge >= 0.3 is 5.69 Å². The number of ether oxygens (including phenoxy) is 4. The van der Waals surface area contributed by atoms with Gasteiger partial charge in [0.15, 0.2) is 20.5 Å². The van der Waals surface area contributed by atoms with E-state index in [0.717, 1.165) is 23.6 Å². The molecule has 3 rings (SSSR count). The minimum Gasteiger partial charge on any atom is -0.366 e. The van der Waals surface area contributed by atoms with Crippen molar-refractivity contribution < 1.29 is 27.9 Å². The Morgan fingerprint density at radius 2 is 1.76 bits per heavy atom. The summed E-state index contributed by atoms with van der Waals surface area (Å²) in [7, 11) is -1.26. The number of aromatic nitrogens is 2. The maximum atomic E-state index is 14.2. The van der Waals surface area contributed by atoms with E-state index < -0.39 is 55.8 Å². The minimum atomic E-state index is -1.26. The Bertz CT molecular complexity index is 993. The van der Waals surface area contributed by atoms with E-state index in [1.807, 2.05) is 11.9 Å². The van der Waals surface area contributed by atoms with Gasteiger partial charge in [-0.2, -0.15) is 4.39 Å². The summed E-state index contributed by atoms with van der Waals surface area (Å²) in [6.45, 7) is 15.5. The SMILES string of the molecule is CCCC1(CCC)OC2[C@@H](COP(NCOCC)N(C(C)C)C(C)C)O[C@@H](n3cc(F)c(=O)[nH]c3=O)[C@H]2O1. The van der Waals surface area contributed by atoms with E-state index in [-0.39, 0.29) is 18.7 Å². The third-order valence-electron chi connectivity index (χ3n) is 6.58. The highest BCUT2D eigenvalue weighted by atomic mass is 31.2. The normalized spacial score (nSPS) is 25.6. The van der Waals surface area contributed by atoms with Crippen LogP contribution in [0.25, 0.3) is 0 Å². The molecule has 2 aliphatic rings. The number of aromatic amines is 1. The highest BCUT2D eigenvalue weighted by molar-refractivity contribution is 7.47. The van der Waals surface area contributed by atoms with Crippen molar-refractivity contribution in [2.45, 2.75) is 117 Å². The van der Waals surface area contributed by atoms with E-state index in [0.29, 0.717) is 26.2 Å². The molecule has 38 heavy (non-hydrogen) atoms. The summed E-state index contributed by atoms with van der Waals surface area (Å²) in [5.74, 6) is -1.91. The van der Waals surface area contributed by atoms with Gasteiger partial charge in [0, 0.05) is 31.5 Å². The van der Waals surface area contributed by atoms with Gasteiger partial charge in [-0.05, 0) is 34.6 Å². The lowest BCUT2D eigenvalue weighted by atomic mass is 10.1. The van der Waals surface area contributed by atoms with Crippen LogP contribution in [0.1, 0.15) is 80.4 Å². The first-order valence-electron chi connectivity index (χ1n) is 13.6. The lowest BCUT2D eigenvalue weighted by molar-refractivity contribution is -0.226. The fourth-order valence-electron chi connectivity index (χ4n) is 5.19. The van der Waals surface area contributed by atoms with E-state index >= 15 is 0 Å². The van der Waals surface area contributed by atoms with Gasteiger partial charge in [0.25, 0.3) is 5.56 Å². The number of hydrogen-bond donors (Lipinski definition) is 2. The molecule has 1 aromatic heterocycles. The second-order valence-electron chi connectivity index (χ2n) is 10.2. The first-order chi connectivity index (χ1) is 18.1. The van der Waals surface area contributed by atoms with Crippen molar-refractivity contribution in [1.29, 1.82) is 0 Å². The monoisotopic (exact) mass is 562 g/mol. The van der Waals surface area contributed by atoms with E-state index in [2.05, 4.69) is 51.3 Å². The lowest BCUT2D eigenvalue weighted by Crippen LogP contribution is -2.40. The van der Waals surface area contributed by atoms with Crippen molar-refractivity contribution in [1.82, 2.24) is 19.3 Å². The summed E-state index contributed by atoms with van der Waals surface area (Å²) >= 11 is 0. The van der Waals surface area contributed by atoms with Crippen molar-refractivity contribution >= 4 is 8.45 Å². The Balaban J connectivity index is 1.89. The molecule has 218 valence electrons. The summed E-state index contributed by atoms with van der Waals surface area (Å²) in [6, 6.07) is 0.409. The molecule has 13 heteroatoms. The van der Waals surface area contributed by atoms with Gasteiger partial charge in [-0.3, -0.25) is 14.3 Å². The van der Waals surface area contributed by atoms with Crippen LogP contribution in [0, 0.1) is 5.82 Å². The third kappa shape index (κ3) is 7.09. The number of hydrogen-bond acceptors (Lipinski definition) is 9. The van der Waals surface area contributed by atoms with E-state index in [1.165, 1.54) is 0 Å². The summed E-state index contributed by atoms with van der Waals surface area (Å²) in [5.41, 5.74) is -1.86. The standard InChI is InChI=1S/C25H44FN4O7P/c1-8-11-25(12-9-2)36-20-19(14-34-38(27-15-33-10-3)30(16(4)5)17(6)7)35-23(21(20)37-25)29-13-18(26)22(31)28-24(29)32/h13,16-17,19-21,23,27H,8-12,14-15H2,1-7H3,(H,28,31,32)/t19-,20?,21+,23-,38?/m1/s1. The van der Waals surface area contributed by atoms with Crippen LogP contribution >= 0.6 is 8.45 Å². The maximum Gasteiger partial charge on any atom is 0.330 e. The van der Waals surface area contributed by atoms with Gasteiger partial charge in [-0.1, -0.05) is 26.7 Å². The molecule has 0 aliphatic carbocycles. The van der Waals surface area contributed by atoms with E-state index in [1.54, 1.807) is 0 Å². The molecule has 2 aliphatic heterocycles. The Hall–Kier alpha value is -1.24. The topological polar surface area (TPSA) is 116 Å². The highest BCUT2D eigenvalue weighted by Crippen LogP contribution is 2.48. The summed E-state index contributed by atoms with van der Waals surface area (Å²) in [4.78, 5) is 26.3. The fraction of sp³-hybridized carbons (Fsp3) is 0.840. The largest absolute Gasteiger partial charge is 0.366 e. The Labute approximate surface area is 225 Å². The summed E-state index contributed by atoms with van der Waals surface area (Å²) < 4.78 is 48.7. The summed E-state index contributed by atoms with van der Waals surface area (Å²) in [6.07, 6.45) is 1.06. The van der Waals surface area contributed by atoms with Crippen LogP contribution in [0.3, 0.4) is 0 Å². The van der Waals surface area contributed by atoms with Crippen LogP contribution in [0.2, 0.25) is 0 Å². The molecule has 11 nitrogen and oxygen atoms in total. The molecular formula is C25H44FN4O7P. The number of nitrogens with one attached hydrogen (secondary N) is 2. The Morgan fingerprint density at radius 3 is 2.34 bits per heavy atom. The second kappa shape index (κ2) is 13.9. The molecule has 2 fully saturated rings. The zero-order valence-electron chi connectivity index (χ0n) is 23.6. The Kier molecular flexibility index (Phi) is 11.4. The van der Waals surface area contributed by atoms with Gasteiger partial charge in [0.1, 0.15) is 25.0 Å². The third-order valence-corrected chi connectivity index (χ3v) is 8.72. The molecule has 2 saturated heterocycles. The molecule has 2 N–H and O–H groups in total. The van der Waals surface area contributed by atoms with Gasteiger partial charge in [-0.25, -0.2) is 14.6 Å². The van der Waals surface area contributed by atoms with Gasteiger partial charge < -0.3 is 23.5 Å². The first-order valence-corrected chi connectivity index (χ1v) is 14.8. The number of H-pyrrole nitrogens is 1. The molecule has 3 heterocycles. The first kappa shape index (κ1) is 31.3. The predicted octanol–water partition coefficient (Wildman–Crippen LogP) is 3.60. The van der Waals surface area contributed by atoms with Crippen molar-refractivity contribution in [2.75, 3.05) is 19.9 Å². The second-order valence-corrected chi connectivity index (χ2v) is 11.8. The number of rotatable bonds is 15. The van der Waals surface area contributed by atoms with Crippen LogP contribution in [0.4, 0.5) is 4.39 Å². The average Bonchev–Trinajstić information content (AvgIpc) is 3.35. The fourth-order valence-corrected chi connectivity index (χ4v) is 6.90. The van der Waals surface area contributed by atoms with Crippen molar-refractivity contribution in [2.24, 2.45) is 0 Å². The van der Waals surface area contributed by atoms with Crippen LogP contribution in [-0.2, 0) is 23.5 Å². The smallest absolute Gasteiger partial charge is 0.330 e. The molecule has 1 aromatic rings. The quantitative estimate of drug-likeness (QED) is 0.188. The molecule has 5 atom stereocenters. The van der Waals surface area contributed by atoms with Crippen LogP contribution in [-0.4, -0.2) is 70.3 Å². The van der Waals surface area contributed by atoms with Crippen molar-refractivity contribution in [3.8, 4) is 0 Å². The van der Waals surface area contributed by atoms with Crippen LogP contribution in [0.15, 0.2) is 15.8 Å². The number of halogens is 1. The molecule has 0 bridgehead atoms. The summed E-state index contributed by atoms with van der Waals surface area (Å²) in [5, 5.41) is 3.36. The zero-order valence-corrected chi connectivity index (χ0v) is 24.5. The molecule has 0 radical (unpaired) electrons. The zero-order chi connectivity index (χ0) is 28.0. The lowest BCUT2D eigenvalue weighted by Gasteiger charge is -2.37. The van der Waals surface area contributed by atoms with Crippen LogP contribution < -0.4 is 16.3 Å². The average molecular weight is 563 g/mol. The molecule has 0 amide bonds. The van der Waals surface area contributed by atoms with Gasteiger partial charge in [-0.15, -0.1) is 0 Å². The maximum absolute atomic E-state index is 14.2. The minimum absolute atomic E-state index is 0.150. The van der Waals surface area contributed by atoms with Crippen molar-refractivity contribution in [3.63, 3.8) is 0 Å². The highest BCUT2D eigenvalue weighted by Gasteiger charge is 2.58. The van der Waals surface area contributed by atoms with Crippen molar-refractivity contribution in [3.05, 3.63) is 32.9 Å². The number of nitrogens with zero attached hydrogens (tertiary/aromatic N) is 2. The molecule has 0 aromatic carbocycles. The number of fused-ring (bicyclic) bond motifs is 1. The predicted molar refractivity (Wildman–Crippen MR) is 142 cm³/mol. The molecular weight excluding hydrogens is 518 g/mol. The van der Waals surface area contributed by atoms with Crippen LogP contribution in [0.5, 0.6) is 0 Å². The van der Waals surface area contributed by atoms with E-state index in [9.17, 15) is 14.0 Å². The molecule has 0 spiro atoms. The molecule has 2 unspecified atom stereocenters. The van der Waals surface area contributed by atoms with Gasteiger partial charge in [0.2, 0.25) is 5.82 Å². The molecule has 0 saturated carbocycles. The van der Waals surface area contributed by atoms with E-state index in [4.69, 9.17) is 23.5 Å².